The van der Waals surface area contributed by atoms with Crippen LogP contribution in [0.1, 0.15) is 18.6 Å². The SMILES string of the molecule is CCOC(=O)C(O)c1ccc(OC2CN(C)C2)c(OC)c1. The van der Waals surface area contributed by atoms with Crippen LogP contribution in [0.4, 0.5) is 0 Å². The molecule has 1 heterocycles. The van der Waals surface area contributed by atoms with Gasteiger partial charge in [0.05, 0.1) is 13.7 Å². The number of aliphatic hydroxyl groups excluding tert-OH is 1. The van der Waals surface area contributed by atoms with Crippen LogP contribution < -0.4 is 9.47 Å². The van der Waals surface area contributed by atoms with E-state index in [2.05, 4.69) is 4.90 Å². The molecule has 1 fully saturated rings. The van der Waals surface area contributed by atoms with Gasteiger partial charge in [-0.2, -0.15) is 0 Å². The van der Waals surface area contributed by atoms with Crippen molar-refractivity contribution in [2.24, 2.45) is 0 Å². The van der Waals surface area contributed by atoms with E-state index in [0.29, 0.717) is 17.1 Å². The van der Waals surface area contributed by atoms with Crippen molar-refractivity contribution in [3.8, 4) is 11.5 Å². The third-order valence-corrected chi connectivity index (χ3v) is 3.34. The molecule has 1 N–H and O–H groups in total. The maximum atomic E-state index is 11.5. The van der Waals surface area contributed by atoms with Gasteiger partial charge in [-0.3, -0.25) is 4.90 Å². The Kier molecular flexibility index (Phi) is 5.03. The summed E-state index contributed by atoms with van der Waals surface area (Å²) in [6, 6.07) is 4.94. The molecule has 0 saturated carbocycles. The monoisotopic (exact) mass is 295 g/mol. The average molecular weight is 295 g/mol. The minimum Gasteiger partial charge on any atom is -0.493 e. The zero-order valence-electron chi connectivity index (χ0n) is 12.5. The Bertz CT molecular complexity index is 499. The van der Waals surface area contributed by atoms with E-state index < -0.39 is 12.1 Å². The maximum Gasteiger partial charge on any atom is 0.339 e. The van der Waals surface area contributed by atoms with Crippen LogP contribution >= 0.6 is 0 Å². The van der Waals surface area contributed by atoms with E-state index in [1.54, 1.807) is 25.1 Å². The number of aliphatic hydroxyl groups is 1. The molecule has 0 aromatic heterocycles. The molecule has 1 unspecified atom stereocenters. The average Bonchev–Trinajstić information content (AvgIpc) is 2.45. The summed E-state index contributed by atoms with van der Waals surface area (Å²) < 4.78 is 15.9. The minimum absolute atomic E-state index is 0.143. The second-order valence-corrected chi connectivity index (χ2v) is 5.03. The molecule has 0 aliphatic carbocycles. The molecule has 1 atom stereocenters. The lowest BCUT2D eigenvalue weighted by atomic mass is 10.1. The fourth-order valence-electron chi connectivity index (χ4n) is 2.20. The molecule has 0 amide bonds. The highest BCUT2D eigenvalue weighted by molar-refractivity contribution is 5.76. The van der Waals surface area contributed by atoms with E-state index in [1.807, 2.05) is 7.05 Å². The molecule has 1 aromatic rings. The first-order valence-corrected chi connectivity index (χ1v) is 6.93. The Morgan fingerprint density at radius 1 is 1.43 bits per heavy atom. The molecule has 1 aliphatic rings. The molecule has 1 saturated heterocycles. The lowest BCUT2D eigenvalue weighted by molar-refractivity contribution is -0.153. The van der Waals surface area contributed by atoms with Crippen LogP contribution in [0, 0.1) is 0 Å². The number of methoxy groups -OCH3 is 1. The highest BCUT2D eigenvalue weighted by atomic mass is 16.5. The van der Waals surface area contributed by atoms with Gasteiger partial charge in [0, 0.05) is 13.1 Å². The summed E-state index contributed by atoms with van der Waals surface area (Å²) in [5, 5.41) is 9.93. The number of benzene rings is 1. The Balaban J connectivity index is 2.10. The maximum absolute atomic E-state index is 11.5. The van der Waals surface area contributed by atoms with E-state index in [9.17, 15) is 9.90 Å². The Morgan fingerprint density at radius 2 is 2.14 bits per heavy atom. The van der Waals surface area contributed by atoms with Gasteiger partial charge in [-0.15, -0.1) is 0 Å². The van der Waals surface area contributed by atoms with Gasteiger partial charge in [0.15, 0.2) is 17.6 Å². The van der Waals surface area contributed by atoms with Crippen LogP contribution in [0.25, 0.3) is 0 Å². The fraction of sp³-hybridized carbons (Fsp3) is 0.533. The van der Waals surface area contributed by atoms with Crippen molar-refractivity contribution >= 4 is 5.97 Å². The molecule has 6 heteroatoms. The smallest absolute Gasteiger partial charge is 0.339 e. The number of carbonyl (C=O) groups is 1. The number of esters is 1. The number of ether oxygens (including phenoxy) is 3. The molecular weight excluding hydrogens is 274 g/mol. The first-order valence-electron chi connectivity index (χ1n) is 6.93. The number of nitrogens with zero attached hydrogens (tertiary/aromatic N) is 1. The van der Waals surface area contributed by atoms with Crippen LogP contribution in [-0.4, -0.2) is 55.9 Å². The van der Waals surface area contributed by atoms with E-state index in [-0.39, 0.29) is 12.7 Å². The highest BCUT2D eigenvalue weighted by Gasteiger charge is 2.26. The number of rotatable bonds is 6. The van der Waals surface area contributed by atoms with E-state index in [4.69, 9.17) is 14.2 Å². The fourth-order valence-corrected chi connectivity index (χ4v) is 2.20. The van der Waals surface area contributed by atoms with Crippen LogP contribution in [0.3, 0.4) is 0 Å². The van der Waals surface area contributed by atoms with Crippen molar-refractivity contribution < 1.29 is 24.1 Å². The standard InChI is InChI=1S/C15H21NO5/c1-4-20-15(18)14(17)10-5-6-12(13(7-10)19-3)21-11-8-16(2)9-11/h5-7,11,14,17H,4,8-9H2,1-3H3. The summed E-state index contributed by atoms with van der Waals surface area (Å²) >= 11 is 0. The normalized spacial score (nSPS) is 17.0. The summed E-state index contributed by atoms with van der Waals surface area (Å²) in [4.78, 5) is 13.7. The summed E-state index contributed by atoms with van der Waals surface area (Å²) in [5.41, 5.74) is 0.420. The highest BCUT2D eigenvalue weighted by Crippen LogP contribution is 2.32. The number of likely N-dealkylation sites (N-methyl/N-ethyl adjacent to an activating group) is 1. The van der Waals surface area contributed by atoms with Crippen LogP contribution in [0.5, 0.6) is 11.5 Å². The van der Waals surface area contributed by atoms with E-state index in [1.165, 1.54) is 7.11 Å². The molecule has 1 aliphatic heterocycles. The van der Waals surface area contributed by atoms with Crippen LogP contribution in [-0.2, 0) is 9.53 Å². The first kappa shape index (κ1) is 15.6. The van der Waals surface area contributed by atoms with Gasteiger partial charge in [0.2, 0.25) is 0 Å². The lowest BCUT2D eigenvalue weighted by Crippen LogP contribution is -2.51. The predicted molar refractivity (Wildman–Crippen MR) is 76.5 cm³/mol. The van der Waals surface area contributed by atoms with Crippen LogP contribution in [0.2, 0.25) is 0 Å². The third-order valence-electron chi connectivity index (χ3n) is 3.34. The molecule has 0 bridgehead atoms. The molecule has 2 rings (SSSR count). The summed E-state index contributed by atoms with van der Waals surface area (Å²) in [6.07, 6.45) is -1.17. The first-order chi connectivity index (χ1) is 10.0. The summed E-state index contributed by atoms with van der Waals surface area (Å²) in [6.45, 7) is 3.66. The molecule has 0 radical (unpaired) electrons. The quantitative estimate of drug-likeness (QED) is 0.789. The lowest BCUT2D eigenvalue weighted by Gasteiger charge is -2.36. The van der Waals surface area contributed by atoms with Crippen molar-refractivity contribution in [3.05, 3.63) is 23.8 Å². The largest absolute Gasteiger partial charge is 0.493 e. The van der Waals surface area contributed by atoms with Gasteiger partial charge in [0.25, 0.3) is 0 Å². The Hall–Kier alpha value is -1.79. The topological polar surface area (TPSA) is 68.2 Å². The van der Waals surface area contributed by atoms with E-state index >= 15 is 0 Å². The number of hydrogen-bond donors (Lipinski definition) is 1. The second kappa shape index (κ2) is 6.78. The van der Waals surface area contributed by atoms with Crippen molar-refractivity contribution in [2.75, 3.05) is 33.9 Å². The molecule has 21 heavy (non-hydrogen) atoms. The summed E-state index contributed by atoms with van der Waals surface area (Å²) in [5.74, 6) is 0.426. The minimum atomic E-state index is -1.32. The van der Waals surface area contributed by atoms with Gasteiger partial charge in [-0.25, -0.2) is 4.79 Å². The number of likely N-dealkylation sites (tertiary alicyclic amines) is 1. The van der Waals surface area contributed by atoms with Crippen LogP contribution in [0.15, 0.2) is 18.2 Å². The molecule has 1 aromatic carbocycles. The third kappa shape index (κ3) is 3.65. The van der Waals surface area contributed by atoms with E-state index in [0.717, 1.165) is 13.1 Å². The second-order valence-electron chi connectivity index (χ2n) is 5.03. The zero-order valence-corrected chi connectivity index (χ0v) is 12.5. The van der Waals surface area contributed by atoms with Crippen molar-refractivity contribution in [2.45, 2.75) is 19.1 Å². The Morgan fingerprint density at radius 3 is 2.71 bits per heavy atom. The van der Waals surface area contributed by atoms with Crippen molar-refractivity contribution in [1.82, 2.24) is 4.90 Å². The molecule has 0 spiro atoms. The molecule has 116 valence electrons. The van der Waals surface area contributed by atoms with Gasteiger partial charge < -0.3 is 19.3 Å². The predicted octanol–water partition coefficient (Wildman–Crippen LogP) is 0.984. The zero-order chi connectivity index (χ0) is 15.4. The number of hydrogen-bond acceptors (Lipinski definition) is 6. The van der Waals surface area contributed by atoms with Gasteiger partial charge >= 0.3 is 5.97 Å². The number of carbonyl (C=O) groups excluding carboxylic acids is 1. The van der Waals surface area contributed by atoms with Gasteiger partial charge in [0.1, 0.15) is 6.10 Å². The Labute approximate surface area is 124 Å². The molecule has 6 nitrogen and oxygen atoms in total. The van der Waals surface area contributed by atoms with Gasteiger partial charge in [-0.1, -0.05) is 6.07 Å². The van der Waals surface area contributed by atoms with Crippen molar-refractivity contribution in [1.29, 1.82) is 0 Å². The van der Waals surface area contributed by atoms with Crippen molar-refractivity contribution in [3.63, 3.8) is 0 Å². The molecular formula is C15H21NO5. The van der Waals surface area contributed by atoms with Gasteiger partial charge in [-0.05, 0) is 31.7 Å². The summed E-state index contributed by atoms with van der Waals surface area (Å²) in [7, 11) is 3.55.